The molecule has 4 aliphatic rings. The normalized spacial score (nSPS) is 45.0. The van der Waals surface area contributed by atoms with E-state index in [1.165, 1.54) is 44.9 Å². The van der Waals surface area contributed by atoms with Gasteiger partial charge < -0.3 is 0 Å². The molecule has 0 N–H and O–H groups in total. The van der Waals surface area contributed by atoms with E-state index in [4.69, 9.17) is 0 Å². The van der Waals surface area contributed by atoms with Gasteiger partial charge in [-0.2, -0.15) is 0 Å². The van der Waals surface area contributed by atoms with Crippen molar-refractivity contribution >= 4 is 5.78 Å². The van der Waals surface area contributed by atoms with Gasteiger partial charge in [0.1, 0.15) is 5.78 Å². The molecule has 0 amide bonds. The fourth-order valence-electron chi connectivity index (χ4n) is 9.08. The SMILES string of the molecule is CCC(CCC(C)C1CCC2C3C=CC4CC(=O)CCC4(C)C3CCC12C)C(C)C. The summed E-state index contributed by atoms with van der Waals surface area (Å²) in [6, 6.07) is 0. The minimum absolute atomic E-state index is 0.379. The van der Waals surface area contributed by atoms with E-state index in [9.17, 15) is 4.79 Å². The number of hydrogen-bond donors (Lipinski definition) is 0. The lowest BCUT2D eigenvalue weighted by atomic mass is 9.46. The maximum absolute atomic E-state index is 12.1. The van der Waals surface area contributed by atoms with Crippen molar-refractivity contribution in [2.75, 3.05) is 0 Å². The van der Waals surface area contributed by atoms with Gasteiger partial charge in [-0.05, 0) is 96.7 Å². The Balaban J connectivity index is 1.48. The number of carbonyl (C=O) groups is 1. The molecule has 1 heteroatoms. The Labute approximate surface area is 186 Å². The largest absolute Gasteiger partial charge is 0.300 e. The van der Waals surface area contributed by atoms with E-state index in [2.05, 4.69) is 53.7 Å². The summed E-state index contributed by atoms with van der Waals surface area (Å²) >= 11 is 0. The van der Waals surface area contributed by atoms with Crippen LogP contribution in [0.3, 0.4) is 0 Å². The fraction of sp³-hybridized carbons (Fsp3) is 0.897. The van der Waals surface area contributed by atoms with Crippen LogP contribution in [0.15, 0.2) is 12.2 Å². The van der Waals surface area contributed by atoms with Gasteiger partial charge in [-0.15, -0.1) is 0 Å². The third-order valence-electron chi connectivity index (χ3n) is 11.2. The number of hydrogen-bond acceptors (Lipinski definition) is 1. The minimum atomic E-state index is 0.379. The van der Waals surface area contributed by atoms with Crippen LogP contribution in [0.1, 0.15) is 106 Å². The van der Waals surface area contributed by atoms with E-state index >= 15 is 0 Å². The van der Waals surface area contributed by atoms with Crippen LogP contribution in [0, 0.1) is 58.2 Å². The Kier molecular flexibility index (Phi) is 6.33. The summed E-state index contributed by atoms with van der Waals surface area (Å²) < 4.78 is 0. The zero-order valence-corrected chi connectivity index (χ0v) is 20.8. The van der Waals surface area contributed by atoms with Gasteiger partial charge in [-0.25, -0.2) is 0 Å². The summed E-state index contributed by atoms with van der Waals surface area (Å²) in [5, 5.41) is 0. The zero-order valence-electron chi connectivity index (χ0n) is 20.8. The van der Waals surface area contributed by atoms with Gasteiger partial charge in [0, 0.05) is 12.8 Å². The number of rotatable bonds is 6. The fourth-order valence-corrected chi connectivity index (χ4v) is 9.08. The van der Waals surface area contributed by atoms with Crippen molar-refractivity contribution in [3.05, 3.63) is 12.2 Å². The average molecular weight is 413 g/mol. The standard InChI is InChI=1S/C29H48O/c1-7-21(19(2)3)9-8-20(4)25-12-13-26-24-11-10-22-18-23(30)14-16-28(22,5)27(24)15-17-29(25,26)6/h10-11,19-22,24-27H,7-9,12-18H2,1-6H3. The number of allylic oxidation sites excluding steroid dienone is 2. The molecule has 9 unspecified atom stereocenters. The smallest absolute Gasteiger partial charge is 0.133 e. The molecule has 0 aromatic rings. The molecule has 4 aliphatic carbocycles. The van der Waals surface area contributed by atoms with Crippen molar-refractivity contribution in [3.63, 3.8) is 0 Å². The Hall–Kier alpha value is -0.590. The highest BCUT2D eigenvalue weighted by molar-refractivity contribution is 5.80. The Morgan fingerprint density at radius 1 is 0.967 bits per heavy atom. The van der Waals surface area contributed by atoms with Crippen molar-refractivity contribution in [2.45, 2.75) is 106 Å². The van der Waals surface area contributed by atoms with Crippen molar-refractivity contribution in [2.24, 2.45) is 58.2 Å². The molecule has 0 radical (unpaired) electrons. The van der Waals surface area contributed by atoms with Gasteiger partial charge in [0.2, 0.25) is 0 Å². The summed E-state index contributed by atoms with van der Waals surface area (Å²) in [4.78, 5) is 12.1. The predicted octanol–water partition coefficient (Wildman–Crippen LogP) is 8.09. The number of ketones is 1. The van der Waals surface area contributed by atoms with Crippen LogP contribution < -0.4 is 0 Å². The molecule has 170 valence electrons. The van der Waals surface area contributed by atoms with E-state index in [1.807, 2.05) is 0 Å². The van der Waals surface area contributed by atoms with Crippen LogP contribution in [0.4, 0.5) is 0 Å². The lowest BCUT2D eigenvalue weighted by Crippen LogP contribution is -2.52. The summed E-state index contributed by atoms with van der Waals surface area (Å²) in [5.74, 6) is 7.00. The molecule has 9 atom stereocenters. The molecule has 0 heterocycles. The van der Waals surface area contributed by atoms with Crippen LogP contribution in [0.2, 0.25) is 0 Å². The molecule has 3 saturated carbocycles. The molecule has 1 nitrogen and oxygen atoms in total. The first-order chi connectivity index (χ1) is 14.2. The maximum Gasteiger partial charge on any atom is 0.133 e. The van der Waals surface area contributed by atoms with Gasteiger partial charge >= 0.3 is 0 Å². The predicted molar refractivity (Wildman–Crippen MR) is 127 cm³/mol. The molecule has 4 rings (SSSR count). The van der Waals surface area contributed by atoms with E-state index in [-0.39, 0.29) is 0 Å². The molecule has 3 fully saturated rings. The van der Waals surface area contributed by atoms with Gasteiger partial charge in [0.25, 0.3) is 0 Å². The highest BCUT2D eigenvalue weighted by Gasteiger charge is 2.59. The molecular formula is C29H48O. The van der Waals surface area contributed by atoms with Crippen LogP contribution in [-0.2, 0) is 4.79 Å². The number of carbonyl (C=O) groups excluding carboxylic acids is 1. The van der Waals surface area contributed by atoms with Crippen molar-refractivity contribution in [3.8, 4) is 0 Å². The van der Waals surface area contributed by atoms with Crippen LogP contribution in [0.25, 0.3) is 0 Å². The van der Waals surface area contributed by atoms with Gasteiger partial charge in [-0.1, -0.05) is 66.5 Å². The van der Waals surface area contributed by atoms with Crippen molar-refractivity contribution in [1.82, 2.24) is 0 Å². The van der Waals surface area contributed by atoms with E-state index in [0.717, 1.165) is 60.7 Å². The molecule has 30 heavy (non-hydrogen) atoms. The van der Waals surface area contributed by atoms with E-state index < -0.39 is 0 Å². The molecular weight excluding hydrogens is 364 g/mol. The van der Waals surface area contributed by atoms with E-state index in [1.54, 1.807) is 0 Å². The lowest BCUT2D eigenvalue weighted by molar-refractivity contribution is -0.128. The quantitative estimate of drug-likeness (QED) is 0.403. The highest BCUT2D eigenvalue weighted by atomic mass is 16.1. The second kappa shape index (κ2) is 8.40. The highest BCUT2D eigenvalue weighted by Crippen LogP contribution is 2.66. The monoisotopic (exact) mass is 412 g/mol. The molecule has 0 spiro atoms. The van der Waals surface area contributed by atoms with Crippen LogP contribution in [-0.4, -0.2) is 5.78 Å². The summed E-state index contributed by atoms with van der Waals surface area (Å²) in [7, 11) is 0. The molecule has 0 aliphatic heterocycles. The zero-order chi connectivity index (χ0) is 21.7. The molecule has 0 bridgehead atoms. The second-order valence-electron chi connectivity index (χ2n) is 12.7. The third-order valence-corrected chi connectivity index (χ3v) is 11.2. The molecule has 0 aromatic heterocycles. The molecule has 0 aromatic carbocycles. The van der Waals surface area contributed by atoms with Crippen LogP contribution in [0.5, 0.6) is 0 Å². The first kappa shape index (κ1) is 22.6. The average Bonchev–Trinajstić information content (AvgIpc) is 3.06. The number of Topliss-reactive ketones (excluding diaryl/α,β-unsaturated/α-hetero) is 1. The number of fused-ring (bicyclic) bond motifs is 5. The summed E-state index contributed by atoms with van der Waals surface area (Å²) in [5.41, 5.74) is 0.919. The van der Waals surface area contributed by atoms with Crippen molar-refractivity contribution in [1.29, 1.82) is 0 Å². The Morgan fingerprint density at radius 3 is 2.40 bits per heavy atom. The lowest BCUT2D eigenvalue weighted by Gasteiger charge is -2.58. The van der Waals surface area contributed by atoms with Crippen LogP contribution >= 0.6 is 0 Å². The Morgan fingerprint density at radius 2 is 1.70 bits per heavy atom. The maximum atomic E-state index is 12.1. The van der Waals surface area contributed by atoms with E-state index in [0.29, 0.717) is 22.5 Å². The minimum Gasteiger partial charge on any atom is -0.300 e. The first-order valence-electron chi connectivity index (χ1n) is 13.4. The first-order valence-corrected chi connectivity index (χ1v) is 13.4. The topological polar surface area (TPSA) is 17.1 Å². The summed E-state index contributed by atoms with van der Waals surface area (Å²) in [6.45, 7) is 15.0. The Bertz CT molecular complexity index is 661. The second-order valence-corrected chi connectivity index (χ2v) is 12.7. The van der Waals surface area contributed by atoms with Gasteiger partial charge in [0.15, 0.2) is 0 Å². The van der Waals surface area contributed by atoms with Gasteiger partial charge in [-0.3, -0.25) is 4.79 Å². The van der Waals surface area contributed by atoms with Gasteiger partial charge in [0.05, 0.1) is 0 Å². The third kappa shape index (κ3) is 3.65. The molecule has 0 saturated heterocycles. The van der Waals surface area contributed by atoms with Crippen molar-refractivity contribution < 1.29 is 4.79 Å². The summed E-state index contributed by atoms with van der Waals surface area (Å²) in [6.07, 6.45) is 17.8.